The summed E-state index contributed by atoms with van der Waals surface area (Å²) in [6.07, 6.45) is 2.03. The zero-order valence-corrected chi connectivity index (χ0v) is 23.5. The van der Waals surface area contributed by atoms with E-state index in [1.54, 1.807) is 25.4 Å². The third-order valence-corrected chi connectivity index (χ3v) is 6.88. The Kier molecular flexibility index (Phi) is 9.15. The first-order valence-electron chi connectivity index (χ1n) is 12.4. The molecule has 0 bridgehead atoms. The number of carboxylic acid groups (broad SMARTS) is 1. The van der Waals surface area contributed by atoms with E-state index in [0.29, 0.717) is 28.6 Å². The number of carbonyl (C=O) groups is 2. The number of hydrogen-bond donors (Lipinski definition) is 2. The molecule has 2 atom stereocenters. The number of benzene rings is 1. The fourth-order valence-electron chi connectivity index (χ4n) is 4.74. The third kappa shape index (κ3) is 5.99. The molecular weight excluding hydrogens is 580 g/mol. The number of rotatable bonds is 7. The van der Waals surface area contributed by atoms with Gasteiger partial charge in [0.15, 0.2) is 12.0 Å². The van der Waals surface area contributed by atoms with Crippen LogP contribution in [0.2, 0.25) is 5.02 Å². The van der Waals surface area contributed by atoms with Gasteiger partial charge in [0.1, 0.15) is 11.5 Å². The molecule has 0 spiro atoms. The highest BCUT2D eigenvalue weighted by atomic mass is 35.5. The van der Waals surface area contributed by atoms with Crippen LogP contribution in [0.15, 0.2) is 42.7 Å². The second-order valence-corrected chi connectivity index (χ2v) is 9.55. The van der Waals surface area contributed by atoms with E-state index in [4.69, 9.17) is 21.4 Å². The summed E-state index contributed by atoms with van der Waals surface area (Å²) in [5.41, 5.74) is 0.910. The van der Waals surface area contributed by atoms with Crippen molar-refractivity contribution in [3.8, 4) is 22.6 Å². The van der Waals surface area contributed by atoms with Crippen molar-refractivity contribution in [2.24, 2.45) is 7.05 Å². The van der Waals surface area contributed by atoms with Crippen LogP contribution in [0.25, 0.3) is 22.6 Å². The van der Waals surface area contributed by atoms with Gasteiger partial charge in [0.25, 0.3) is 5.91 Å². The quantitative estimate of drug-likeness (QED) is 0.296. The number of nitrogens with one attached hydrogen (secondary N) is 1. The number of ether oxygens (including phenoxy) is 1. The monoisotopic (exact) mass is 605 g/mol. The van der Waals surface area contributed by atoms with Crippen molar-refractivity contribution in [2.45, 2.75) is 32.0 Å². The molecule has 3 aromatic heterocycles. The van der Waals surface area contributed by atoms with Gasteiger partial charge >= 0.3 is 6.16 Å². The van der Waals surface area contributed by atoms with Crippen LogP contribution in [-0.4, -0.2) is 71.3 Å². The van der Waals surface area contributed by atoms with E-state index in [1.807, 2.05) is 0 Å². The standard InChI is InChI=1S/C25H25ClFN9O4.ClH/c1-14(40-25(38)39)36-23(31-32-33-36)21-18(13-30-34(21)2)17-8-7-15(11-20(17)27)24(37)35(16-5-3-9-28-12-16)22-19(26)6-4-10-29-22;/h4,6-8,10-11,13-14,16,28H,3,5,9,12H2,1-2H3,(H,38,39);1H/t14-,16+;/m0./s1. The van der Waals surface area contributed by atoms with Gasteiger partial charge in [-0.2, -0.15) is 9.78 Å². The van der Waals surface area contributed by atoms with Gasteiger partial charge in [0, 0.05) is 36.5 Å². The predicted octanol–water partition coefficient (Wildman–Crippen LogP) is 3.96. The van der Waals surface area contributed by atoms with Crippen LogP contribution >= 0.6 is 24.0 Å². The molecule has 1 aliphatic rings. The lowest BCUT2D eigenvalue weighted by molar-refractivity contribution is 0.0219. The maximum Gasteiger partial charge on any atom is 0.507 e. The van der Waals surface area contributed by atoms with Crippen molar-refractivity contribution in [1.29, 1.82) is 0 Å². The molecule has 13 nitrogen and oxygen atoms in total. The van der Waals surface area contributed by atoms with Gasteiger partial charge < -0.3 is 15.2 Å². The Balaban J connectivity index is 0.00000387. The fourth-order valence-corrected chi connectivity index (χ4v) is 4.95. The summed E-state index contributed by atoms with van der Waals surface area (Å²) in [7, 11) is 1.61. The highest BCUT2D eigenvalue weighted by Gasteiger charge is 2.31. The lowest BCUT2D eigenvalue weighted by Crippen LogP contribution is -2.49. The zero-order valence-electron chi connectivity index (χ0n) is 21.9. The van der Waals surface area contributed by atoms with E-state index in [-0.39, 0.29) is 35.4 Å². The molecule has 0 aliphatic carbocycles. The highest BCUT2D eigenvalue weighted by Crippen LogP contribution is 2.34. The Bertz CT molecular complexity index is 1560. The number of halogens is 3. The molecule has 1 amide bonds. The number of nitrogens with zero attached hydrogens (tertiary/aromatic N) is 8. The Labute approximate surface area is 244 Å². The third-order valence-electron chi connectivity index (χ3n) is 6.59. The van der Waals surface area contributed by atoms with Crippen molar-refractivity contribution >= 4 is 41.9 Å². The van der Waals surface area contributed by atoms with Crippen molar-refractivity contribution in [3.05, 3.63) is 59.1 Å². The number of amides is 1. The second kappa shape index (κ2) is 12.6. The molecule has 0 unspecified atom stereocenters. The molecule has 1 aromatic carbocycles. The summed E-state index contributed by atoms with van der Waals surface area (Å²) in [5, 5.41) is 28.3. The largest absolute Gasteiger partial charge is 0.507 e. The maximum atomic E-state index is 15.7. The number of pyridine rings is 1. The highest BCUT2D eigenvalue weighted by molar-refractivity contribution is 6.33. The van der Waals surface area contributed by atoms with E-state index in [9.17, 15) is 9.59 Å². The van der Waals surface area contributed by atoms with Crippen LogP contribution in [0, 0.1) is 5.82 Å². The molecule has 216 valence electrons. The molecule has 2 N–H and O–H groups in total. The SMILES string of the molecule is C[C@H](OC(=O)O)n1nnnc1-c1c(-c2ccc(C(=O)N(c3ncccc3Cl)[C@@H]3CCCNC3)cc2F)cnn1C.Cl. The molecule has 1 saturated heterocycles. The topological polar surface area (TPSA) is 153 Å². The molecule has 1 fully saturated rings. The lowest BCUT2D eigenvalue weighted by atomic mass is 10.0. The normalized spacial score (nSPS) is 15.6. The van der Waals surface area contributed by atoms with Gasteiger partial charge in [-0.25, -0.2) is 14.2 Å². The van der Waals surface area contributed by atoms with Gasteiger partial charge in [-0.1, -0.05) is 17.7 Å². The number of hydrogen-bond acceptors (Lipinski definition) is 9. The molecule has 4 heterocycles. The van der Waals surface area contributed by atoms with Gasteiger partial charge in [-0.3, -0.25) is 14.4 Å². The van der Waals surface area contributed by atoms with Gasteiger partial charge in [-0.15, -0.1) is 17.5 Å². The Morgan fingerprint density at radius 2 is 2.10 bits per heavy atom. The van der Waals surface area contributed by atoms with E-state index in [1.165, 1.54) is 34.8 Å². The molecule has 0 radical (unpaired) electrons. The minimum Gasteiger partial charge on any atom is -0.450 e. The minimum atomic E-state index is -1.50. The van der Waals surface area contributed by atoms with Crippen molar-refractivity contribution in [2.75, 3.05) is 18.0 Å². The van der Waals surface area contributed by atoms with Gasteiger partial charge in [0.05, 0.1) is 17.3 Å². The van der Waals surface area contributed by atoms with E-state index < -0.39 is 24.1 Å². The van der Waals surface area contributed by atoms with Crippen molar-refractivity contribution in [3.63, 3.8) is 0 Å². The van der Waals surface area contributed by atoms with Crippen LogP contribution < -0.4 is 10.2 Å². The van der Waals surface area contributed by atoms with E-state index in [2.05, 4.69) is 30.9 Å². The fraction of sp³-hybridized carbons (Fsp3) is 0.320. The van der Waals surface area contributed by atoms with Crippen LogP contribution in [-0.2, 0) is 11.8 Å². The smallest absolute Gasteiger partial charge is 0.450 e. The van der Waals surface area contributed by atoms with Crippen LogP contribution in [0.1, 0.15) is 36.4 Å². The number of anilines is 1. The first-order chi connectivity index (χ1) is 19.3. The summed E-state index contributed by atoms with van der Waals surface area (Å²) < 4.78 is 23.1. The second-order valence-electron chi connectivity index (χ2n) is 9.14. The molecule has 4 aromatic rings. The summed E-state index contributed by atoms with van der Waals surface area (Å²) in [4.78, 5) is 30.7. The van der Waals surface area contributed by atoms with Gasteiger partial charge in [-0.05, 0) is 61.0 Å². The minimum absolute atomic E-state index is 0. The number of piperidine rings is 1. The molecule has 41 heavy (non-hydrogen) atoms. The van der Waals surface area contributed by atoms with Crippen LogP contribution in [0.3, 0.4) is 0 Å². The van der Waals surface area contributed by atoms with Crippen LogP contribution in [0.5, 0.6) is 0 Å². The molecular formula is C25H26Cl2FN9O4. The predicted molar refractivity (Wildman–Crippen MR) is 148 cm³/mol. The molecule has 16 heteroatoms. The molecule has 0 saturated carbocycles. The first kappa shape index (κ1) is 29.8. The summed E-state index contributed by atoms with van der Waals surface area (Å²) in [6, 6.07) is 7.29. The van der Waals surface area contributed by atoms with Crippen molar-refractivity contribution < 1.29 is 23.8 Å². The Morgan fingerprint density at radius 1 is 1.29 bits per heavy atom. The number of aromatic nitrogens is 7. The maximum absolute atomic E-state index is 15.7. The average molecular weight is 606 g/mol. The lowest BCUT2D eigenvalue weighted by Gasteiger charge is -2.34. The average Bonchev–Trinajstić information content (AvgIpc) is 3.56. The van der Waals surface area contributed by atoms with E-state index >= 15 is 4.39 Å². The Hall–Kier alpha value is -4.14. The number of aryl methyl sites for hydroxylation is 1. The zero-order chi connectivity index (χ0) is 28.4. The summed E-state index contributed by atoms with van der Waals surface area (Å²) in [6.45, 7) is 2.85. The van der Waals surface area contributed by atoms with Gasteiger partial charge in [0.2, 0.25) is 5.82 Å². The summed E-state index contributed by atoms with van der Waals surface area (Å²) in [5.74, 6) is -0.687. The van der Waals surface area contributed by atoms with Crippen LogP contribution in [0.4, 0.5) is 15.0 Å². The number of tetrazole rings is 1. The number of carbonyl (C=O) groups excluding carboxylic acids is 1. The molecule has 1 aliphatic heterocycles. The van der Waals surface area contributed by atoms with E-state index in [0.717, 1.165) is 30.1 Å². The Morgan fingerprint density at radius 3 is 2.78 bits per heavy atom. The molecule has 5 rings (SSSR count). The summed E-state index contributed by atoms with van der Waals surface area (Å²) >= 11 is 6.42. The van der Waals surface area contributed by atoms with Crippen molar-refractivity contribution in [1.82, 2.24) is 40.3 Å². The first-order valence-corrected chi connectivity index (χ1v) is 12.8.